The molecular weight excluding hydrogens is 392 g/mol. The summed E-state index contributed by atoms with van der Waals surface area (Å²) in [7, 11) is 1.69. The zero-order chi connectivity index (χ0) is 18.5. The monoisotopic (exact) mass is 416 g/mol. The predicted molar refractivity (Wildman–Crippen MR) is 108 cm³/mol. The Morgan fingerprint density at radius 3 is 2.65 bits per heavy atom. The molecule has 0 bridgehead atoms. The molecule has 0 heterocycles. The highest BCUT2D eigenvalue weighted by Crippen LogP contribution is 2.32. The fourth-order valence-electron chi connectivity index (χ4n) is 3.20. The molecule has 0 aromatic heterocycles. The quantitative estimate of drug-likeness (QED) is 0.636. The number of anilines is 1. The van der Waals surface area contributed by atoms with Gasteiger partial charge >= 0.3 is 0 Å². The minimum atomic E-state index is 0.208. The van der Waals surface area contributed by atoms with E-state index in [0.717, 1.165) is 46.7 Å². The largest absolute Gasteiger partial charge is 0.499 e. The first-order valence-corrected chi connectivity index (χ1v) is 9.81. The van der Waals surface area contributed by atoms with E-state index < -0.39 is 0 Å². The lowest BCUT2D eigenvalue weighted by atomic mass is 9.91. The third-order valence-corrected chi connectivity index (χ3v) is 5.47. The number of nitrogens with one attached hydrogen (secondary N) is 2. The van der Waals surface area contributed by atoms with Gasteiger partial charge in [0.05, 0.1) is 18.5 Å². The van der Waals surface area contributed by atoms with Crippen molar-refractivity contribution in [2.75, 3.05) is 12.4 Å². The Labute approximate surface area is 163 Å². The Balaban J connectivity index is 1.79. The van der Waals surface area contributed by atoms with Crippen LogP contribution in [0.4, 0.5) is 5.69 Å². The number of para-hydroxylation sites is 1. The van der Waals surface area contributed by atoms with Crippen LogP contribution in [-0.4, -0.2) is 12.9 Å². The maximum absolute atomic E-state index is 11.4. The van der Waals surface area contributed by atoms with Crippen molar-refractivity contribution in [1.82, 2.24) is 5.32 Å². The summed E-state index contributed by atoms with van der Waals surface area (Å²) in [5.74, 6) is 2.34. The number of carbonyl (C=O) groups excluding carboxylic acids is 1. The van der Waals surface area contributed by atoms with Crippen molar-refractivity contribution in [2.24, 2.45) is 5.92 Å². The molecule has 1 unspecified atom stereocenters. The second-order valence-electron chi connectivity index (χ2n) is 6.83. The average molecular weight is 417 g/mol. The Morgan fingerprint density at radius 2 is 2.04 bits per heavy atom. The van der Waals surface area contributed by atoms with Crippen LogP contribution in [0.15, 0.2) is 63.7 Å². The summed E-state index contributed by atoms with van der Waals surface area (Å²) in [4.78, 5) is 11.4. The SMILES string of the molecule is COC1=C(NC(Nc2ccccc2Br)=C2CCC2)C=CC(CC(C)=O)C1. The molecule has 1 saturated carbocycles. The van der Waals surface area contributed by atoms with Crippen LogP contribution in [0.25, 0.3) is 0 Å². The van der Waals surface area contributed by atoms with Crippen LogP contribution in [0.1, 0.15) is 39.0 Å². The lowest BCUT2D eigenvalue weighted by Gasteiger charge is -2.27. The summed E-state index contributed by atoms with van der Waals surface area (Å²) >= 11 is 3.60. The predicted octanol–water partition coefficient (Wildman–Crippen LogP) is 5.26. The standard InChI is InChI=1S/C21H25BrN2O2/c1-14(25)12-15-10-11-19(20(13-15)26-2)24-21(16-6-5-7-16)23-18-9-4-3-8-17(18)22/h3-4,8-11,15,23-24H,5-7,12-13H2,1-2H3. The molecule has 0 saturated heterocycles. The molecule has 0 amide bonds. The van der Waals surface area contributed by atoms with Crippen LogP contribution >= 0.6 is 15.9 Å². The second kappa shape index (κ2) is 8.58. The lowest BCUT2D eigenvalue weighted by molar-refractivity contribution is -0.117. The Morgan fingerprint density at radius 1 is 1.27 bits per heavy atom. The molecular formula is C21H25BrN2O2. The first kappa shape index (κ1) is 18.8. The summed E-state index contributed by atoms with van der Waals surface area (Å²) in [5, 5.41) is 7.07. The van der Waals surface area contributed by atoms with E-state index in [9.17, 15) is 4.79 Å². The van der Waals surface area contributed by atoms with Crippen molar-refractivity contribution in [3.63, 3.8) is 0 Å². The van der Waals surface area contributed by atoms with Gasteiger partial charge in [-0.3, -0.25) is 0 Å². The molecule has 0 aliphatic heterocycles. The number of carbonyl (C=O) groups is 1. The van der Waals surface area contributed by atoms with Crippen molar-refractivity contribution < 1.29 is 9.53 Å². The van der Waals surface area contributed by atoms with Gasteiger partial charge in [0.2, 0.25) is 0 Å². The third kappa shape index (κ3) is 4.58. The van der Waals surface area contributed by atoms with Gasteiger partial charge in [0.15, 0.2) is 0 Å². The molecule has 5 heteroatoms. The van der Waals surface area contributed by atoms with Gasteiger partial charge in [-0.25, -0.2) is 0 Å². The van der Waals surface area contributed by atoms with Gasteiger partial charge in [0.1, 0.15) is 17.4 Å². The maximum Gasteiger partial charge on any atom is 0.130 e. The first-order valence-electron chi connectivity index (χ1n) is 9.02. The van der Waals surface area contributed by atoms with E-state index >= 15 is 0 Å². The number of methoxy groups -OCH3 is 1. The van der Waals surface area contributed by atoms with E-state index in [0.29, 0.717) is 6.42 Å². The highest BCUT2D eigenvalue weighted by Gasteiger charge is 2.21. The number of benzene rings is 1. The molecule has 2 aliphatic rings. The lowest BCUT2D eigenvalue weighted by Crippen LogP contribution is -2.26. The topological polar surface area (TPSA) is 50.4 Å². The highest BCUT2D eigenvalue weighted by atomic mass is 79.9. The molecule has 2 aliphatic carbocycles. The van der Waals surface area contributed by atoms with Gasteiger partial charge in [-0.05, 0) is 71.8 Å². The molecule has 26 heavy (non-hydrogen) atoms. The number of ether oxygens (including phenoxy) is 1. The summed E-state index contributed by atoms with van der Waals surface area (Å²) in [6.45, 7) is 1.64. The summed E-state index contributed by atoms with van der Waals surface area (Å²) < 4.78 is 6.65. The smallest absolute Gasteiger partial charge is 0.130 e. The van der Waals surface area contributed by atoms with Crippen LogP contribution in [0.2, 0.25) is 0 Å². The number of hydrogen-bond donors (Lipinski definition) is 2. The Hall–Kier alpha value is -2.01. The van der Waals surface area contributed by atoms with Crippen molar-refractivity contribution in [2.45, 2.75) is 39.0 Å². The minimum absolute atomic E-state index is 0.208. The number of halogens is 1. The van der Waals surface area contributed by atoms with Gasteiger partial charge in [0, 0.05) is 17.3 Å². The van der Waals surface area contributed by atoms with Crippen LogP contribution in [0.5, 0.6) is 0 Å². The van der Waals surface area contributed by atoms with Gasteiger partial charge in [-0.1, -0.05) is 18.2 Å². The fraction of sp³-hybridized carbons (Fsp3) is 0.381. The van der Waals surface area contributed by atoms with Crippen molar-refractivity contribution in [1.29, 1.82) is 0 Å². The van der Waals surface area contributed by atoms with Crippen molar-refractivity contribution in [3.05, 3.63) is 63.7 Å². The molecule has 2 N–H and O–H groups in total. The van der Waals surface area contributed by atoms with E-state index in [1.165, 1.54) is 12.0 Å². The van der Waals surface area contributed by atoms with Gasteiger partial charge in [-0.2, -0.15) is 0 Å². The molecule has 3 rings (SSSR count). The summed E-state index contributed by atoms with van der Waals surface area (Å²) in [6, 6.07) is 8.10. The van der Waals surface area contributed by atoms with E-state index in [1.54, 1.807) is 14.0 Å². The number of Topliss-reactive ketones (excluding diaryl/α,β-unsaturated/α-hetero) is 1. The van der Waals surface area contributed by atoms with Crippen LogP contribution < -0.4 is 10.6 Å². The molecule has 4 nitrogen and oxygen atoms in total. The molecule has 1 atom stereocenters. The highest BCUT2D eigenvalue weighted by molar-refractivity contribution is 9.10. The van der Waals surface area contributed by atoms with Gasteiger partial charge in [0.25, 0.3) is 0 Å². The van der Waals surface area contributed by atoms with Gasteiger partial charge in [-0.15, -0.1) is 0 Å². The number of ketones is 1. The van der Waals surface area contributed by atoms with E-state index in [1.807, 2.05) is 24.3 Å². The number of allylic oxidation sites excluding steroid dienone is 4. The second-order valence-corrected chi connectivity index (χ2v) is 7.69. The summed E-state index contributed by atoms with van der Waals surface area (Å²) in [6.07, 6.45) is 8.87. The molecule has 0 radical (unpaired) electrons. The fourth-order valence-corrected chi connectivity index (χ4v) is 3.58. The van der Waals surface area contributed by atoms with Crippen LogP contribution in [0.3, 0.4) is 0 Å². The average Bonchev–Trinajstić information content (AvgIpc) is 2.56. The zero-order valence-electron chi connectivity index (χ0n) is 15.3. The first-order chi connectivity index (χ1) is 12.6. The maximum atomic E-state index is 11.4. The molecule has 1 aromatic rings. The van der Waals surface area contributed by atoms with Crippen molar-refractivity contribution >= 4 is 27.4 Å². The zero-order valence-corrected chi connectivity index (χ0v) is 16.9. The van der Waals surface area contributed by atoms with Gasteiger partial charge < -0.3 is 20.2 Å². The molecule has 1 aromatic carbocycles. The Kier molecular flexibility index (Phi) is 6.20. The third-order valence-electron chi connectivity index (χ3n) is 4.78. The minimum Gasteiger partial charge on any atom is -0.499 e. The van der Waals surface area contributed by atoms with Crippen molar-refractivity contribution in [3.8, 4) is 0 Å². The number of hydrogen-bond acceptors (Lipinski definition) is 4. The Bertz CT molecular complexity index is 774. The molecule has 138 valence electrons. The summed E-state index contributed by atoms with van der Waals surface area (Å²) in [5.41, 5.74) is 3.38. The molecule has 0 spiro atoms. The molecule has 1 fully saturated rings. The van der Waals surface area contributed by atoms with E-state index in [4.69, 9.17) is 4.74 Å². The van der Waals surface area contributed by atoms with Crippen LogP contribution in [0, 0.1) is 5.92 Å². The van der Waals surface area contributed by atoms with E-state index in [2.05, 4.69) is 38.7 Å². The van der Waals surface area contributed by atoms with E-state index in [-0.39, 0.29) is 11.7 Å². The van der Waals surface area contributed by atoms with Crippen LogP contribution in [-0.2, 0) is 9.53 Å². The number of rotatable bonds is 7. The normalized spacial score (nSPS) is 19.0.